The zero-order valence-corrected chi connectivity index (χ0v) is 12.3. The fraction of sp³-hybridized carbons (Fsp3) is 0.263. The first-order chi connectivity index (χ1) is 10.7. The average molecular weight is 294 g/mol. The van der Waals surface area contributed by atoms with Crippen LogP contribution in [0.3, 0.4) is 0 Å². The number of aryl methyl sites for hydroxylation is 1. The Bertz CT molecular complexity index is 704. The van der Waals surface area contributed by atoms with E-state index in [0.717, 1.165) is 30.4 Å². The molecule has 1 atom stereocenters. The number of carboxylic acids is 1. The van der Waals surface area contributed by atoms with Gasteiger partial charge in [-0.25, -0.2) is 0 Å². The molecule has 2 aromatic rings. The third kappa shape index (κ3) is 2.80. The number of carbonyl (C=O) groups is 2. The fourth-order valence-electron chi connectivity index (χ4n) is 3.26. The molecule has 1 aliphatic carbocycles. The fourth-order valence-corrected chi connectivity index (χ4v) is 3.26. The van der Waals surface area contributed by atoms with Crippen LogP contribution in [0.5, 0.6) is 0 Å². The monoisotopic (exact) mass is 294 g/mol. The lowest BCUT2D eigenvalue weighted by atomic mass is 9.87. The molecule has 0 fully saturated rings. The average Bonchev–Trinajstić information content (AvgIpc) is 2.97. The molecule has 0 aliphatic heterocycles. The van der Waals surface area contributed by atoms with Crippen molar-refractivity contribution in [3.8, 4) is 0 Å². The second-order valence-corrected chi connectivity index (χ2v) is 5.74. The molecule has 0 heterocycles. The standard InChI is InChI=1S/C19H18O3/c20-17(12-13-6-2-1-3-7-13)18(19(21)22)16-11-5-9-14-8-4-10-15(14)16/h1-3,5-7,9,11,18H,4,8,10,12H2,(H,21,22). The van der Waals surface area contributed by atoms with Crippen molar-refractivity contribution in [2.24, 2.45) is 0 Å². The second-order valence-electron chi connectivity index (χ2n) is 5.74. The van der Waals surface area contributed by atoms with Gasteiger partial charge in [0, 0.05) is 6.42 Å². The molecular formula is C19H18O3. The van der Waals surface area contributed by atoms with Crippen LogP contribution in [0.15, 0.2) is 48.5 Å². The van der Waals surface area contributed by atoms with E-state index in [1.165, 1.54) is 5.56 Å². The highest BCUT2D eigenvalue weighted by Crippen LogP contribution is 2.31. The van der Waals surface area contributed by atoms with E-state index in [9.17, 15) is 14.7 Å². The Hall–Kier alpha value is -2.42. The lowest BCUT2D eigenvalue weighted by molar-refractivity contribution is -0.142. The Morgan fingerprint density at radius 2 is 1.77 bits per heavy atom. The topological polar surface area (TPSA) is 54.4 Å². The van der Waals surface area contributed by atoms with Crippen molar-refractivity contribution in [1.82, 2.24) is 0 Å². The van der Waals surface area contributed by atoms with Gasteiger partial charge in [0.25, 0.3) is 0 Å². The Morgan fingerprint density at radius 1 is 1.00 bits per heavy atom. The minimum absolute atomic E-state index is 0.154. The number of fused-ring (bicyclic) bond motifs is 1. The first-order valence-corrected chi connectivity index (χ1v) is 7.57. The van der Waals surface area contributed by atoms with Gasteiger partial charge in [0.05, 0.1) is 0 Å². The lowest BCUT2D eigenvalue weighted by Gasteiger charge is -2.16. The molecule has 112 valence electrons. The predicted octanol–water partition coefficient (Wildman–Crippen LogP) is 3.16. The van der Waals surface area contributed by atoms with Crippen molar-refractivity contribution in [1.29, 1.82) is 0 Å². The summed E-state index contributed by atoms with van der Waals surface area (Å²) in [6.07, 6.45) is 3.03. The minimum Gasteiger partial charge on any atom is -0.480 e. The molecule has 22 heavy (non-hydrogen) atoms. The zero-order chi connectivity index (χ0) is 15.5. The summed E-state index contributed by atoms with van der Waals surface area (Å²) in [5, 5.41) is 9.59. The quantitative estimate of drug-likeness (QED) is 0.862. The van der Waals surface area contributed by atoms with Crippen molar-refractivity contribution in [2.45, 2.75) is 31.6 Å². The number of carbonyl (C=O) groups excluding carboxylic acids is 1. The highest BCUT2D eigenvalue weighted by molar-refractivity contribution is 6.04. The van der Waals surface area contributed by atoms with Gasteiger partial charge >= 0.3 is 5.97 Å². The highest BCUT2D eigenvalue weighted by Gasteiger charge is 2.31. The van der Waals surface area contributed by atoms with E-state index >= 15 is 0 Å². The summed E-state index contributed by atoms with van der Waals surface area (Å²) in [4.78, 5) is 24.3. The molecule has 0 amide bonds. The summed E-state index contributed by atoms with van der Waals surface area (Å²) in [6, 6.07) is 15.0. The molecule has 1 N–H and O–H groups in total. The zero-order valence-electron chi connectivity index (χ0n) is 12.3. The number of hydrogen-bond donors (Lipinski definition) is 1. The smallest absolute Gasteiger partial charge is 0.318 e. The molecule has 3 nitrogen and oxygen atoms in total. The van der Waals surface area contributed by atoms with Crippen LogP contribution in [-0.2, 0) is 28.9 Å². The molecule has 0 spiro atoms. The van der Waals surface area contributed by atoms with Crippen LogP contribution in [-0.4, -0.2) is 16.9 Å². The van der Waals surface area contributed by atoms with Crippen molar-refractivity contribution in [3.63, 3.8) is 0 Å². The summed E-state index contributed by atoms with van der Waals surface area (Å²) in [5.41, 5.74) is 3.79. The first-order valence-electron chi connectivity index (χ1n) is 7.57. The molecule has 3 heteroatoms. The van der Waals surface area contributed by atoms with E-state index in [4.69, 9.17) is 0 Å². The van der Waals surface area contributed by atoms with Crippen LogP contribution < -0.4 is 0 Å². The van der Waals surface area contributed by atoms with E-state index in [1.807, 2.05) is 42.5 Å². The molecular weight excluding hydrogens is 276 g/mol. The Morgan fingerprint density at radius 3 is 2.50 bits per heavy atom. The second kappa shape index (κ2) is 6.14. The minimum atomic E-state index is -1.06. The van der Waals surface area contributed by atoms with Crippen LogP contribution in [0.4, 0.5) is 0 Å². The first kappa shape index (κ1) is 14.5. The van der Waals surface area contributed by atoms with Crippen molar-refractivity contribution < 1.29 is 14.7 Å². The van der Waals surface area contributed by atoms with Crippen molar-refractivity contribution >= 4 is 11.8 Å². The van der Waals surface area contributed by atoms with E-state index in [0.29, 0.717) is 5.56 Å². The van der Waals surface area contributed by atoms with Gasteiger partial charge in [-0.05, 0) is 41.5 Å². The summed E-state index contributed by atoms with van der Waals surface area (Å²) in [7, 11) is 0. The van der Waals surface area contributed by atoms with E-state index < -0.39 is 11.9 Å². The van der Waals surface area contributed by atoms with Crippen LogP contribution in [0, 0.1) is 0 Å². The maximum atomic E-state index is 12.6. The molecule has 0 aromatic heterocycles. The molecule has 3 rings (SSSR count). The molecule has 0 radical (unpaired) electrons. The molecule has 1 unspecified atom stereocenters. The number of benzene rings is 2. The number of carboxylic acid groups (broad SMARTS) is 1. The summed E-state index contributed by atoms with van der Waals surface area (Å²) in [6.45, 7) is 0. The molecule has 0 saturated carbocycles. The van der Waals surface area contributed by atoms with Gasteiger partial charge in [0.1, 0.15) is 5.92 Å². The summed E-state index contributed by atoms with van der Waals surface area (Å²) in [5.74, 6) is -2.37. The number of aliphatic carboxylic acids is 1. The van der Waals surface area contributed by atoms with E-state index in [1.54, 1.807) is 6.07 Å². The van der Waals surface area contributed by atoms with Gasteiger partial charge in [-0.3, -0.25) is 9.59 Å². The Balaban J connectivity index is 1.92. The molecule has 2 aromatic carbocycles. The summed E-state index contributed by atoms with van der Waals surface area (Å²) >= 11 is 0. The van der Waals surface area contributed by atoms with Crippen LogP contribution >= 0.6 is 0 Å². The third-order valence-corrected chi connectivity index (χ3v) is 4.28. The van der Waals surface area contributed by atoms with Gasteiger partial charge < -0.3 is 5.11 Å². The van der Waals surface area contributed by atoms with E-state index in [-0.39, 0.29) is 12.2 Å². The summed E-state index contributed by atoms with van der Waals surface area (Å²) < 4.78 is 0. The normalized spacial score (nSPS) is 14.4. The van der Waals surface area contributed by atoms with Crippen LogP contribution in [0.1, 0.15) is 34.6 Å². The van der Waals surface area contributed by atoms with Gasteiger partial charge in [0.2, 0.25) is 0 Å². The molecule has 0 saturated heterocycles. The number of rotatable bonds is 5. The number of ketones is 1. The number of Topliss-reactive ketones (excluding diaryl/α,β-unsaturated/α-hetero) is 1. The van der Waals surface area contributed by atoms with E-state index in [2.05, 4.69) is 0 Å². The highest BCUT2D eigenvalue weighted by atomic mass is 16.4. The third-order valence-electron chi connectivity index (χ3n) is 4.28. The number of hydrogen-bond acceptors (Lipinski definition) is 2. The largest absolute Gasteiger partial charge is 0.480 e. The predicted molar refractivity (Wildman–Crippen MR) is 84.0 cm³/mol. The Labute approximate surface area is 129 Å². The van der Waals surface area contributed by atoms with Crippen LogP contribution in [0.2, 0.25) is 0 Å². The van der Waals surface area contributed by atoms with Gasteiger partial charge in [-0.1, -0.05) is 48.5 Å². The van der Waals surface area contributed by atoms with Gasteiger partial charge in [0.15, 0.2) is 5.78 Å². The van der Waals surface area contributed by atoms with Crippen molar-refractivity contribution in [3.05, 3.63) is 70.8 Å². The SMILES string of the molecule is O=C(O)C(C(=O)Cc1ccccc1)c1cccc2c1CCC2. The van der Waals surface area contributed by atoms with Gasteiger partial charge in [-0.15, -0.1) is 0 Å². The maximum Gasteiger partial charge on any atom is 0.318 e. The van der Waals surface area contributed by atoms with Crippen molar-refractivity contribution in [2.75, 3.05) is 0 Å². The Kier molecular flexibility index (Phi) is 4.05. The lowest BCUT2D eigenvalue weighted by Crippen LogP contribution is -2.24. The molecule has 0 bridgehead atoms. The maximum absolute atomic E-state index is 12.6. The van der Waals surface area contributed by atoms with Gasteiger partial charge in [-0.2, -0.15) is 0 Å². The van der Waals surface area contributed by atoms with Crippen LogP contribution in [0.25, 0.3) is 0 Å². The molecule has 1 aliphatic rings.